The quantitative estimate of drug-likeness (QED) is 0.789. The highest BCUT2D eigenvalue weighted by molar-refractivity contribution is 7.89. The number of hydrogen-bond acceptors (Lipinski definition) is 2. The van der Waals surface area contributed by atoms with Gasteiger partial charge in [-0.2, -0.15) is 4.31 Å². The summed E-state index contributed by atoms with van der Waals surface area (Å²) in [6.45, 7) is 0.0940. The predicted molar refractivity (Wildman–Crippen MR) is 81.1 cm³/mol. The maximum absolute atomic E-state index is 13.2. The van der Waals surface area contributed by atoms with Crippen molar-refractivity contribution in [1.82, 2.24) is 4.31 Å². The third kappa shape index (κ3) is 3.61. The number of benzene rings is 2. The highest BCUT2D eigenvalue weighted by Crippen LogP contribution is 2.22. The molecule has 0 amide bonds. The first kappa shape index (κ1) is 15.9. The van der Waals surface area contributed by atoms with Gasteiger partial charge >= 0.3 is 0 Å². The molecule has 0 aliphatic carbocycles. The molecule has 0 atom stereocenters. The molecule has 0 fully saturated rings. The summed E-state index contributed by atoms with van der Waals surface area (Å²) in [4.78, 5) is 0.180. The van der Waals surface area contributed by atoms with Crippen LogP contribution in [-0.4, -0.2) is 19.8 Å². The highest BCUT2D eigenvalue weighted by atomic mass is 35.5. The molecule has 6 heteroatoms. The maximum atomic E-state index is 13.2. The number of alkyl halides is 1. The first-order valence-electron chi connectivity index (χ1n) is 6.30. The number of hydrogen-bond donors (Lipinski definition) is 0. The van der Waals surface area contributed by atoms with E-state index in [0.29, 0.717) is 11.1 Å². The molecule has 21 heavy (non-hydrogen) atoms. The van der Waals surface area contributed by atoms with Crippen molar-refractivity contribution < 1.29 is 12.8 Å². The van der Waals surface area contributed by atoms with Crippen molar-refractivity contribution in [1.29, 1.82) is 0 Å². The monoisotopic (exact) mass is 327 g/mol. The van der Waals surface area contributed by atoms with Crippen molar-refractivity contribution in [3.05, 3.63) is 65.5 Å². The summed E-state index contributed by atoms with van der Waals surface area (Å²) in [5.74, 6) is -0.275. The molecule has 0 saturated heterocycles. The molecule has 112 valence electrons. The molecule has 0 bridgehead atoms. The minimum Gasteiger partial charge on any atom is -0.207 e. The molecule has 0 unspecified atom stereocenters. The van der Waals surface area contributed by atoms with Gasteiger partial charge in [0.15, 0.2) is 0 Å². The molecule has 0 saturated carbocycles. The first-order valence-corrected chi connectivity index (χ1v) is 8.27. The molecule has 0 aliphatic heterocycles. The minimum atomic E-state index is -3.67. The lowest BCUT2D eigenvalue weighted by molar-refractivity contribution is 0.465. The number of nitrogens with zero attached hydrogens (tertiary/aromatic N) is 1. The van der Waals surface area contributed by atoms with E-state index in [4.69, 9.17) is 11.6 Å². The Labute approximate surface area is 129 Å². The maximum Gasteiger partial charge on any atom is 0.243 e. The van der Waals surface area contributed by atoms with Gasteiger partial charge in [-0.05, 0) is 29.3 Å². The van der Waals surface area contributed by atoms with Gasteiger partial charge in [-0.3, -0.25) is 0 Å². The zero-order valence-electron chi connectivity index (χ0n) is 11.5. The fourth-order valence-corrected chi connectivity index (χ4v) is 3.70. The smallest absolute Gasteiger partial charge is 0.207 e. The summed E-state index contributed by atoms with van der Waals surface area (Å²) < 4.78 is 39.5. The van der Waals surface area contributed by atoms with Crippen LogP contribution in [0.3, 0.4) is 0 Å². The van der Waals surface area contributed by atoms with Crippen LogP contribution in [0.1, 0.15) is 11.1 Å². The van der Waals surface area contributed by atoms with E-state index in [0.717, 1.165) is 0 Å². The number of sulfonamides is 1. The number of rotatable bonds is 5. The Balaban J connectivity index is 2.31. The van der Waals surface area contributed by atoms with Crippen molar-refractivity contribution in [2.24, 2.45) is 0 Å². The Morgan fingerprint density at radius 1 is 1.14 bits per heavy atom. The molecule has 3 nitrogen and oxygen atoms in total. The average Bonchev–Trinajstić information content (AvgIpc) is 2.47. The van der Waals surface area contributed by atoms with Gasteiger partial charge in [0, 0.05) is 19.5 Å². The molecule has 2 aromatic rings. The van der Waals surface area contributed by atoms with Crippen LogP contribution < -0.4 is 0 Å². The molecule has 0 heterocycles. The highest BCUT2D eigenvalue weighted by Gasteiger charge is 2.23. The van der Waals surface area contributed by atoms with E-state index >= 15 is 0 Å². The van der Waals surface area contributed by atoms with Gasteiger partial charge < -0.3 is 0 Å². The van der Waals surface area contributed by atoms with E-state index in [1.165, 1.54) is 29.6 Å². The second-order valence-corrected chi connectivity index (χ2v) is 6.91. The molecule has 0 N–H and O–H groups in total. The van der Waals surface area contributed by atoms with Gasteiger partial charge in [-0.15, -0.1) is 11.6 Å². The third-order valence-corrected chi connectivity index (χ3v) is 5.29. The second-order valence-electron chi connectivity index (χ2n) is 4.63. The fourth-order valence-electron chi connectivity index (χ4n) is 2.01. The van der Waals surface area contributed by atoms with E-state index in [1.807, 2.05) is 0 Å². The standard InChI is InChI=1S/C15H15ClFNO2S/c1-18(11-12-5-4-7-14(17)9-12)21(19,20)15-8-3-2-6-13(15)10-16/h2-9H,10-11H2,1H3. The Morgan fingerprint density at radius 2 is 1.86 bits per heavy atom. The Kier molecular flexibility index (Phi) is 4.98. The Bertz CT molecular complexity index is 734. The Hall–Kier alpha value is -1.43. The van der Waals surface area contributed by atoms with Crippen LogP contribution in [0.5, 0.6) is 0 Å². The predicted octanol–water partition coefficient (Wildman–Crippen LogP) is 3.39. The van der Waals surface area contributed by atoms with Gasteiger partial charge in [0.25, 0.3) is 0 Å². The lowest BCUT2D eigenvalue weighted by Gasteiger charge is -2.19. The molecular formula is C15H15ClFNO2S. The zero-order valence-corrected chi connectivity index (χ0v) is 13.0. The van der Waals surface area contributed by atoms with Crippen LogP contribution in [0, 0.1) is 5.82 Å². The van der Waals surface area contributed by atoms with Gasteiger partial charge in [0.05, 0.1) is 4.90 Å². The number of halogens is 2. The van der Waals surface area contributed by atoms with E-state index in [2.05, 4.69) is 0 Å². The largest absolute Gasteiger partial charge is 0.243 e. The normalized spacial score (nSPS) is 11.8. The second kappa shape index (κ2) is 6.56. The van der Waals surface area contributed by atoms with Crippen LogP contribution in [0.15, 0.2) is 53.4 Å². The van der Waals surface area contributed by atoms with Crippen LogP contribution in [-0.2, 0) is 22.4 Å². The molecule has 0 radical (unpaired) electrons. The lowest BCUT2D eigenvalue weighted by Crippen LogP contribution is -2.27. The molecular weight excluding hydrogens is 313 g/mol. The fraction of sp³-hybridized carbons (Fsp3) is 0.200. The van der Waals surface area contributed by atoms with Gasteiger partial charge in [-0.25, -0.2) is 12.8 Å². The summed E-state index contributed by atoms with van der Waals surface area (Å²) in [5.41, 5.74) is 1.13. The molecule has 2 aromatic carbocycles. The van der Waals surface area contributed by atoms with Gasteiger partial charge in [-0.1, -0.05) is 30.3 Å². The topological polar surface area (TPSA) is 37.4 Å². The molecule has 2 rings (SSSR count). The van der Waals surface area contributed by atoms with Gasteiger partial charge in [0.1, 0.15) is 5.82 Å². The third-order valence-electron chi connectivity index (χ3n) is 3.10. The average molecular weight is 328 g/mol. The van der Waals surface area contributed by atoms with Gasteiger partial charge in [0.2, 0.25) is 10.0 Å². The summed E-state index contributed by atoms with van der Waals surface area (Å²) in [6.07, 6.45) is 0. The van der Waals surface area contributed by atoms with E-state index < -0.39 is 10.0 Å². The first-order chi connectivity index (χ1) is 9.95. The van der Waals surface area contributed by atoms with Crippen molar-refractivity contribution in [2.75, 3.05) is 7.05 Å². The summed E-state index contributed by atoms with van der Waals surface area (Å²) in [5, 5.41) is 0. The lowest BCUT2D eigenvalue weighted by atomic mass is 10.2. The molecule has 0 aliphatic rings. The SMILES string of the molecule is CN(Cc1cccc(F)c1)S(=O)(=O)c1ccccc1CCl. The van der Waals surface area contributed by atoms with Crippen molar-refractivity contribution in [3.63, 3.8) is 0 Å². The molecule has 0 spiro atoms. The van der Waals surface area contributed by atoms with E-state index in [-0.39, 0.29) is 23.1 Å². The van der Waals surface area contributed by atoms with E-state index in [1.54, 1.807) is 30.3 Å². The van der Waals surface area contributed by atoms with Crippen molar-refractivity contribution >= 4 is 21.6 Å². The Morgan fingerprint density at radius 3 is 2.52 bits per heavy atom. The van der Waals surface area contributed by atoms with E-state index in [9.17, 15) is 12.8 Å². The van der Waals surface area contributed by atoms with Crippen molar-refractivity contribution in [3.8, 4) is 0 Å². The minimum absolute atomic E-state index is 0.0940. The van der Waals surface area contributed by atoms with Crippen LogP contribution in [0.25, 0.3) is 0 Å². The van der Waals surface area contributed by atoms with Crippen LogP contribution >= 0.6 is 11.6 Å². The molecule has 0 aromatic heterocycles. The van der Waals surface area contributed by atoms with Crippen LogP contribution in [0.2, 0.25) is 0 Å². The zero-order chi connectivity index (χ0) is 15.5. The summed E-state index contributed by atoms with van der Waals surface area (Å²) in [6, 6.07) is 12.5. The van der Waals surface area contributed by atoms with Crippen molar-refractivity contribution in [2.45, 2.75) is 17.3 Å². The summed E-state index contributed by atoms with van der Waals surface area (Å²) in [7, 11) is -2.20. The van der Waals surface area contributed by atoms with Crippen LogP contribution in [0.4, 0.5) is 4.39 Å². The summed E-state index contributed by atoms with van der Waals surface area (Å²) >= 11 is 5.79.